The van der Waals surface area contributed by atoms with Gasteiger partial charge >= 0.3 is 0 Å². The number of carbonyl (C=O) groups is 1. The van der Waals surface area contributed by atoms with Crippen molar-refractivity contribution in [1.82, 2.24) is 20.4 Å². The van der Waals surface area contributed by atoms with Gasteiger partial charge in [-0.2, -0.15) is 4.98 Å². The molecule has 0 spiro atoms. The number of nitrogens with zero attached hydrogens (tertiary/aromatic N) is 3. The number of hydrogen-bond acceptors (Lipinski definition) is 7. The summed E-state index contributed by atoms with van der Waals surface area (Å²) in [5, 5.41) is 6.97. The quantitative estimate of drug-likeness (QED) is 0.329. The Morgan fingerprint density at radius 3 is 2.79 bits per heavy atom. The van der Waals surface area contributed by atoms with Crippen molar-refractivity contribution in [2.75, 3.05) is 13.7 Å². The Balaban J connectivity index is 1.67. The molecule has 0 aliphatic rings. The summed E-state index contributed by atoms with van der Waals surface area (Å²) < 4.78 is 16.6. The second-order valence-electron chi connectivity index (χ2n) is 7.87. The van der Waals surface area contributed by atoms with Crippen molar-refractivity contribution in [1.29, 1.82) is 0 Å². The van der Waals surface area contributed by atoms with Gasteiger partial charge in [0.1, 0.15) is 6.04 Å². The average molecular weight is 451 g/mol. The molecule has 33 heavy (non-hydrogen) atoms. The highest BCUT2D eigenvalue weighted by Crippen LogP contribution is 2.29. The predicted molar refractivity (Wildman–Crippen MR) is 126 cm³/mol. The van der Waals surface area contributed by atoms with Crippen LogP contribution in [-0.2, 0) is 4.79 Å². The van der Waals surface area contributed by atoms with E-state index in [1.54, 1.807) is 31.6 Å². The standard InChI is InChI=1S/C25H30N4O4/c1-5-6-14-32-20-11-9-18(15-21(20)31-4)10-12-22(30)27-23(17(2)3)25-28-24(29-33-25)19-8-7-13-26-16-19/h7-13,15-17,23H,5-6,14H2,1-4H3,(H,27,30)/b12-10+. The van der Waals surface area contributed by atoms with Gasteiger partial charge in [-0.05, 0) is 48.2 Å². The van der Waals surface area contributed by atoms with Gasteiger partial charge in [0.15, 0.2) is 11.5 Å². The van der Waals surface area contributed by atoms with Crippen LogP contribution in [0, 0.1) is 5.92 Å². The fourth-order valence-electron chi connectivity index (χ4n) is 3.09. The van der Waals surface area contributed by atoms with E-state index in [-0.39, 0.29) is 11.8 Å². The minimum absolute atomic E-state index is 0.0456. The van der Waals surface area contributed by atoms with E-state index in [0.717, 1.165) is 24.0 Å². The molecule has 0 aliphatic heterocycles. The lowest BCUT2D eigenvalue weighted by Gasteiger charge is -2.17. The van der Waals surface area contributed by atoms with E-state index in [9.17, 15) is 4.79 Å². The first-order valence-electron chi connectivity index (χ1n) is 11.0. The predicted octanol–water partition coefficient (Wildman–Crippen LogP) is 4.85. The number of rotatable bonds is 11. The highest BCUT2D eigenvalue weighted by atomic mass is 16.5. The number of hydrogen-bond donors (Lipinski definition) is 1. The molecule has 1 N–H and O–H groups in total. The highest BCUT2D eigenvalue weighted by molar-refractivity contribution is 5.92. The molecule has 2 aromatic heterocycles. The molecule has 3 aromatic rings. The van der Waals surface area contributed by atoms with Gasteiger partial charge in [0.25, 0.3) is 0 Å². The monoisotopic (exact) mass is 450 g/mol. The third-order valence-corrected chi connectivity index (χ3v) is 4.96. The van der Waals surface area contributed by atoms with Crippen molar-refractivity contribution >= 4 is 12.0 Å². The second kappa shape index (κ2) is 11.8. The van der Waals surface area contributed by atoms with Crippen LogP contribution in [-0.4, -0.2) is 34.7 Å². The smallest absolute Gasteiger partial charge is 0.249 e. The minimum Gasteiger partial charge on any atom is -0.493 e. The van der Waals surface area contributed by atoms with E-state index in [4.69, 9.17) is 14.0 Å². The van der Waals surface area contributed by atoms with Gasteiger partial charge in [-0.3, -0.25) is 9.78 Å². The average Bonchev–Trinajstić information content (AvgIpc) is 3.32. The number of nitrogens with one attached hydrogen (secondary N) is 1. The van der Waals surface area contributed by atoms with Crippen LogP contribution in [0.15, 0.2) is 53.3 Å². The number of amides is 1. The van der Waals surface area contributed by atoms with E-state index >= 15 is 0 Å². The van der Waals surface area contributed by atoms with Gasteiger partial charge in [0.05, 0.1) is 13.7 Å². The number of methoxy groups -OCH3 is 1. The first kappa shape index (κ1) is 24.0. The van der Waals surface area contributed by atoms with Crippen molar-refractivity contribution in [3.8, 4) is 22.9 Å². The lowest BCUT2D eigenvalue weighted by Crippen LogP contribution is -2.30. The largest absolute Gasteiger partial charge is 0.493 e. The molecule has 3 rings (SSSR count). The minimum atomic E-state index is -0.427. The fourth-order valence-corrected chi connectivity index (χ4v) is 3.09. The van der Waals surface area contributed by atoms with Crippen molar-refractivity contribution in [3.63, 3.8) is 0 Å². The Hall–Kier alpha value is -3.68. The van der Waals surface area contributed by atoms with Gasteiger partial charge in [-0.25, -0.2) is 0 Å². The van der Waals surface area contributed by atoms with Crippen LogP contribution in [0.1, 0.15) is 51.1 Å². The third-order valence-electron chi connectivity index (χ3n) is 4.96. The summed E-state index contributed by atoms with van der Waals surface area (Å²) in [5.74, 6) is 1.87. The van der Waals surface area contributed by atoms with Gasteiger partial charge in [-0.1, -0.05) is 38.4 Å². The van der Waals surface area contributed by atoms with E-state index < -0.39 is 6.04 Å². The van der Waals surface area contributed by atoms with Crippen LogP contribution in [0.5, 0.6) is 11.5 Å². The topological polar surface area (TPSA) is 99.4 Å². The van der Waals surface area contributed by atoms with Gasteiger partial charge < -0.3 is 19.3 Å². The van der Waals surface area contributed by atoms with Crippen molar-refractivity contribution in [3.05, 3.63) is 60.3 Å². The van der Waals surface area contributed by atoms with Crippen LogP contribution < -0.4 is 14.8 Å². The molecule has 0 saturated carbocycles. The molecule has 1 aromatic carbocycles. The number of carbonyl (C=O) groups excluding carboxylic acids is 1. The summed E-state index contributed by atoms with van der Waals surface area (Å²) >= 11 is 0. The zero-order valence-corrected chi connectivity index (χ0v) is 19.4. The number of ether oxygens (including phenoxy) is 2. The van der Waals surface area contributed by atoms with E-state index in [2.05, 4.69) is 27.4 Å². The van der Waals surface area contributed by atoms with Gasteiger partial charge in [0, 0.05) is 24.0 Å². The lowest BCUT2D eigenvalue weighted by molar-refractivity contribution is -0.117. The van der Waals surface area contributed by atoms with Crippen molar-refractivity contribution < 1.29 is 18.8 Å². The number of aromatic nitrogens is 3. The summed E-state index contributed by atoms with van der Waals surface area (Å²) in [5.41, 5.74) is 1.57. The molecule has 8 heteroatoms. The number of pyridine rings is 1. The summed E-state index contributed by atoms with van der Waals surface area (Å²) in [6, 6.07) is 8.79. The first-order chi connectivity index (χ1) is 16.0. The van der Waals surface area contributed by atoms with Crippen LogP contribution >= 0.6 is 0 Å². The Morgan fingerprint density at radius 2 is 2.09 bits per heavy atom. The summed E-state index contributed by atoms with van der Waals surface area (Å²) in [6.45, 7) is 6.70. The Labute approximate surface area is 194 Å². The molecule has 1 unspecified atom stereocenters. The van der Waals surface area contributed by atoms with Crippen LogP contribution in [0.4, 0.5) is 0 Å². The molecule has 0 saturated heterocycles. The molecule has 0 radical (unpaired) electrons. The zero-order valence-electron chi connectivity index (χ0n) is 19.4. The summed E-state index contributed by atoms with van der Waals surface area (Å²) in [6.07, 6.45) is 8.57. The molecule has 2 heterocycles. The van der Waals surface area contributed by atoms with Gasteiger partial charge in [0.2, 0.25) is 17.6 Å². The lowest BCUT2D eigenvalue weighted by atomic mass is 10.0. The maximum absolute atomic E-state index is 12.6. The Kier molecular flexibility index (Phi) is 8.57. The molecule has 174 valence electrons. The van der Waals surface area contributed by atoms with Crippen molar-refractivity contribution in [2.45, 2.75) is 39.7 Å². The van der Waals surface area contributed by atoms with Crippen LogP contribution in [0.3, 0.4) is 0 Å². The molecule has 0 fully saturated rings. The Bertz CT molecular complexity index is 1060. The van der Waals surface area contributed by atoms with Crippen LogP contribution in [0.25, 0.3) is 17.5 Å². The van der Waals surface area contributed by atoms with Crippen molar-refractivity contribution in [2.24, 2.45) is 5.92 Å². The molecular weight excluding hydrogens is 420 g/mol. The van der Waals surface area contributed by atoms with E-state index in [0.29, 0.717) is 29.8 Å². The normalized spacial score (nSPS) is 12.2. The van der Waals surface area contributed by atoms with E-state index in [1.807, 2.05) is 38.1 Å². The Morgan fingerprint density at radius 1 is 1.24 bits per heavy atom. The maximum atomic E-state index is 12.6. The molecule has 0 aliphatic carbocycles. The first-order valence-corrected chi connectivity index (χ1v) is 11.0. The fraction of sp³-hybridized carbons (Fsp3) is 0.360. The second-order valence-corrected chi connectivity index (χ2v) is 7.87. The molecular formula is C25H30N4O4. The number of unbranched alkanes of at least 4 members (excludes halogenated alkanes) is 1. The highest BCUT2D eigenvalue weighted by Gasteiger charge is 2.24. The zero-order chi connectivity index (χ0) is 23.6. The molecule has 1 atom stereocenters. The third kappa shape index (κ3) is 6.65. The van der Waals surface area contributed by atoms with Gasteiger partial charge in [-0.15, -0.1) is 0 Å². The molecule has 8 nitrogen and oxygen atoms in total. The molecule has 0 bridgehead atoms. The van der Waals surface area contributed by atoms with E-state index in [1.165, 1.54) is 6.08 Å². The number of benzene rings is 1. The SMILES string of the molecule is CCCCOc1ccc(/C=C/C(=O)NC(c2nc(-c3cccnc3)no2)C(C)C)cc1OC. The summed E-state index contributed by atoms with van der Waals surface area (Å²) in [7, 11) is 1.60. The summed E-state index contributed by atoms with van der Waals surface area (Å²) in [4.78, 5) is 21.1. The van der Waals surface area contributed by atoms with Crippen LogP contribution in [0.2, 0.25) is 0 Å². The molecule has 1 amide bonds. The maximum Gasteiger partial charge on any atom is 0.249 e.